The van der Waals surface area contributed by atoms with Crippen LogP contribution >= 0.6 is 0 Å². The molecule has 1 heteroatoms. The summed E-state index contributed by atoms with van der Waals surface area (Å²) in [4.78, 5) is 0. The van der Waals surface area contributed by atoms with E-state index >= 15 is 0 Å². The average Bonchev–Trinajstić information content (AvgIpc) is 2.67. The molecule has 3 rings (SSSR count). The predicted molar refractivity (Wildman–Crippen MR) is 105 cm³/mol. The highest BCUT2D eigenvalue weighted by atomic mass is 16.5. The van der Waals surface area contributed by atoms with Gasteiger partial charge < -0.3 is 4.74 Å². The van der Waals surface area contributed by atoms with E-state index in [1.807, 2.05) is 13.8 Å². The molecule has 1 nitrogen and oxygen atoms in total. The van der Waals surface area contributed by atoms with E-state index in [4.69, 9.17) is 4.74 Å². The van der Waals surface area contributed by atoms with Crippen LogP contribution in [0.2, 0.25) is 0 Å². The number of rotatable bonds is 5. The molecule has 0 N–H and O–H groups in total. The average molecular weight is 320 g/mol. The molecule has 126 valence electrons. The van der Waals surface area contributed by atoms with Crippen LogP contribution in [-0.4, -0.2) is 0 Å². The number of fused-ring (bicyclic) bond motifs is 1. The van der Waals surface area contributed by atoms with Gasteiger partial charge in [-0.15, -0.1) is 0 Å². The lowest BCUT2D eigenvalue weighted by molar-refractivity contribution is 0.307. The van der Waals surface area contributed by atoms with Gasteiger partial charge in [-0.25, -0.2) is 0 Å². The monoisotopic (exact) mass is 320 g/mol. The highest BCUT2D eigenvalue weighted by molar-refractivity contribution is 5.85. The van der Waals surface area contributed by atoms with E-state index in [0.717, 1.165) is 12.2 Å². The van der Waals surface area contributed by atoms with Crippen molar-refractivity contribution in [2.75, 3.05) is 0 Å². The van der Waals surface area contributed by atoms with Gasteiger partial charge in [-0.05, 0) is 46.4 Å². The van der Waals surface area contributed by atoms with E-state index in [-0.39, 0.29) is 0 Å². The number of benzene rings is 3. The Morgan fingerprint density at radius 2 is 1.50 bits per heavy atom. The van der Waals surface area contributed by atoms with E-state index in [9.17, 15) is 0 Å². The quantitative estimate of drug-likeness (QED) is 0.494. The molecule has 0 radical (unpaired) electrons. The molecule has 0 aliphatic carbocycles. The van der Waals surface area contributed by atoms with Crippen molar-refractivity contribution in [1.29, 1.82) is 0 Å². The zero-order valence-corrected chi connectivity index (χ0v) is 15.3. The normalized spacial score (nSPS) is 11.5. The second-order valence-electron chi connectivity index (χ2n) is 5.81. The fourth-order valence-electron chi connectivity index (χ4n) is 2.71. The Balaban J connectivity index is 0.00000100. The van der Waals surface area contributed by atoms with Gasteiger partial charge in [0, 0.05) is 0 Å². The van der Waals surface area contributed by atoms with Crippen LogP contribution in [0.4, 0.5) is 0 Å². The Labute approximate surface area is 146 Å². The lowest BCUT2D eigenvalue weighted by atomic mass is 9.99. The third-order valence-electron chi connectivity index (χ3n) is 4.34. The van der Waals surface area contributed by atoms with Crippen LogP contribution in [0.25, 0.3) is 10.8 Å². The molecule has 0 fully saturated rings. The molecule has 1 atom stereocenters. The smallest absolute Gasteiger partial charge is 0.119 e. The molecule has 0 aromatic heterocycles. The van der Waals surface area contributed by atoms with Crippen molar-refractivity contribution in [3.8, 4) is 5.75 Å². The third-order valence-corrected chi connectivity index (χ3v) is 4.34. The van der Waals surface area contributed by atoms with Crippen LogP contribution in [0.1, 0.15) is 51.2 Å². The molecule has 0 bridgehead atoms. The van der Waals surface area contributed by atoms with Gasteiger partial charge in [-0.1, -0.05) is 82.3 Å². The van der Waals surface area contributed by atoms with Gasteiger partial charge in [-0.2, -0.15) is 0 Å². The fraction of sp³-hybridized carbons (Fsp3) is 0.304. The Kier molecular flexibility index (Phi) is 6.87. The topological polar surface area (TPSA) is 9.23 Å². The summed E-state index contributed by atoms with van der Waals surface area (Å²) in [6.07, 6.45) is 1.16. The van der Waals surface area contributed by atoms with Crippen molar-refractivity contribution in [2.45, 2.75) is 46.6 Å². The van der Waals surface area contributed by atoms with Crippen LogP contribution in [0.5, 0.6) is 5.75 Å². The van der Waals surface area contributed by atoms with Crippen molar-refractivity contribution in [1.82, 2.24) is 0 Å². The van der Waals surface area contributed by atoms with Crippen LogP contribution in [0.3, 0.4) is 0 Å². The minimum absolute atomic E-state index is 0.601. The maximum Gasteiger partial charge on any atom is 0.119 e. The maximum atomic E-state index is 5.97. The van der Waals surface area contributed by atoms with E-state index in [0.29, 0.717) is 12.5 Å². The molecule has 0 spiro atoms. The van der Waals surface area contributed by atoms with Gasteiger partial charge in [-0.3, -0.25) is 0 Å². The molecule has 0 aliphatic heterocycles. The Bertz CT molecular complexity index is 738. The predicted octanol–water partition coefficient (Wildman–Crippen LogP) is 6.96. The molecular weight excluding hydrogens is 292 g/mol. The molecule has 1 unspecified atom stereocenters. The van der Waals surface area contributed by atoms with Gasteiger partial charge in [0.25, 0.3) is 0 Å². The summed E-state index contributed by atoms with van der Waals surface area (Å²) in [5.74, 6) is 1.53. The fourth-order valence-corrected chi connectivity index (χ4v) is 2.71. The van der Waals surface area contributed by atoms with Crippen molar-refractivity contribution < 1.29 is 4.74 Å². The first-order valence-electron chi connectivity index (χ1n) is 8.97. The summed E-state index contributed by atoms with van der Waals surface area (Å²) in [5, 5.41) is 2.52. The first-order valence-corrected chi connectivity index (χ1v) is 8.97. The minimum atomic E-state index is 0.601. The van der Waals surface area contributed by atoms with Gasteiger partial charge >= 0.3 is 0 Å². The Hall–Kier alpha value is -2.28. The van der Waals surface area contributed by atoms with Crippen LogP contribution in [-0.2, 0) is 6.61 Å². The first-order chi connectivity index (χ1) is 11.8. The lowest BCUT2D eigenvalue weighted by Crippen LogP contribution is -1.97. The molecule has 24 heavy (non-hydrogen) atoms. The second-order valence-corrected chi connectivity index (χ2v) is 5.81. The highest BCUT2D eigenvalue weighted by Gasteiger charge is 2.04. The molecule has 0 saturated carbocycles. The van der Waals surface area contributed by atoms with Crippen molar-refractivity contribution in [3.05, 3.63) is 77.9 Å². The zero-order valence-electron chi connectivity index (χ0n) is 15.3. The standard InChI is InChI=1S/C21H22O.C2H6/c1-3-16(2)17-11-13-20(14-12-17)22-15-19-9-6-8-18-7-4-5-10-21(18)19;1-2/h4-14,16H,3,15H2,1-2H3;1-2H3. The summed E-state index contributed by atoms with van der Waals surface area (Å²) in [7, 11) is 0. The zero-order chi connectivity index (χ0) is 17.4. The molecule has 0 saturated heterocycles. The summed E-state index contributed by atoms with van der Waals surface area (Å²) in [6, 6.07) is 23.3. The summed E-state index contributed by atoms with van der Waals surface area (Å²) in [5.41, 5.74) is 2.60. The van der Waals surface area contributed by atoms with Gasteiger partial charge in [0.2, 0.25) is 0 Å². The van der Waals surface area contributed by atoms with Crippen LogP contribution in [0.15, 0.2) is 66.7 Å². The molecule has 3 aromatic carbocycles. The van der Waals surface area contributed by atoms with Gasteiger partial charge in [0.15, 0.2) is 0 Å². The van der Waals surface area contributed by atoms with E-state index in [2.05, 4.69) is 80.6 Å². The molecule has 0 amide bonds. The SMILES string of the molecule is CC.CCC(C)c1ccc(OCc2cccc3ccccc23)cc1. The van der Waals surface area contributed by atoms with Crippen molar-refractivity contribution >= 4 is 10.8 Å². The first kappa shape index (κ1) is 18.1. The number of hydrogen-bond acceptors (Lipinski definition) is 1. The number of ether oxygens (including phenoxy) is 1. The molecular formula is C23H28O. The summed E-state index contributed by atoms with van der Waals surface area (Å²) >= 11 is 0. The lowest BCUT2D eigenvalue weighted by Gasteiger charge is -2.12. The van der Waals surface area contributed by atoms with Gasteiger partial charge in [0.1, 0.15) is 12.4 Å². The van der Waals surface area contributed by atoms with Crippen LogP contribution in [0, 0.1) is 0 Å². The summed E-state index contributed by atoms with van der Waals surface area (Å²) in [6.45, 7) is 9.07. The van der Waals surface area contributed by atoms with Crippen LogP contribution < -0.4 is 4.74 Å². The van der Waals surface area contributed by atoms with E-state index in [1.165, 1.54) is 21.9 Å². The second kappa shape index (κ2) is 9.12. The highest BCUT2D eigenvalue weighted by Crippen LogP contribution is 2.23. The Morgan fingerprint density at radius 3 is 2.21 bits per heavy atom. The largest absolute Gasteiger partial charge is 0.489 e. The van der Waals surface area contributed by atoms with Crippen molar-refractivity contribution in [3.63, 3.8) is 0 Å². The van der Waals surface area contributed by atoms with Crippen molar-refractivity contribution in [2.24, 2.45) is 0 Å². The van der Waals surface area contributed by atoms with E-state index < -0.39 is 0 Å². The minimum Gasteiger partial charge on any atom is -0.489 e. The number of hydrogen-bond donors (Lipinski definition) is 0. The molecule has 0 heterocycles. The Morgan fingerprint density at radius 1 is 0.833 bits per heavy atom. The third kappa shape index (κ3) is 4.38. The maximum absolute atomic E-state index is 5.97. The summed E-state index contributed by atoms with van der Waals surface area (Å²) < 4.78 is 5.97. The van der Waals surface area contributed by atoms with Gasteiger partial charge in [0.05, 0.1) is 0 Å². The molecule has 3 aromatic rings. The van der Waals surface area contributed by atoms with E-state index in [1.54, 1.807) is 0 Å². The molecule has 0 aliphatic rings.